The molecule has 0 rings (SSSR count). The Labute approximate surface area is 325 Å². The van der Waals surface area contributed by atoms with E-state index in [0.29, 0.717) is 6.42 Å². The van der Waals surface area contributed by atoms with Gasteiger partial charge in [-0.25, -0.2) is 4.57 Å². The van der Waals surface area contributed by atoms with Gasteiger partial charge in [-0.15, -0.1) is 0 Å². The second-order valence-electron chi connectivity index (χ2n) is 14.6. The van der Waals surface area contributed by atoms with E-state index in [2.05, 4.69) is 38.2 Å². The van der Waals surface area contributed by atoms with Crippen LogP contribution < -0.4 is 5.73 Å². The summed E-state index contributed by atoms with van der Waals surface area (Å²) in [6, 6.07) is 0. The largest absolute Gasteiger partial charge is 0.472 e. The lowest BCUT2D eigenvalue weighted by Gasteiger charge is -2.19. The van der Waals surface area contributed by atoms with Crippen molar-refractivity contribution in [3.63, 3.8) is 0 Å². The third kappa shape index (κ3) is 40.0. The van der Waals surface area contributed by atoms with Crippen LogP contribution in [0, 0.1) is 0 Å². The summed E-state index contributed by atoms with van der Waals surface area (Å²) in [4.78, 5) is 34.8. The van der Waals surface area contributed by atoms with Gasteiger partial charge in [0.15, 0.2) is 6.10 Å². The number of esters is 2. The molecule has 0 aromatic carbocycles. The second kappa shape index (κ2) is 40.2. The van der Waals surface area contributed by atoms with E-state index in [0.717, 1.165) is 57.8 Å². The minimum atomic E-state index is -4.38. The Hall–Kier alpha value is -1.51. The number of carbonyl (C=O) groups is 2. The van der Waals surface area contributed by atoms with Crippen molar-refractivity contribution in [3.8, 4) is 0 Å². The summed E-state index contributed by atoms with van der Waals surface area (Å²) < 4.78 is 32.8. The van der Waals surface area contributed by atoms with Gasteiger partial charge < -0.3 is 20.1 Å². The summed E-state index contributed by atoms with van der Waals surface area (Å²) in [5.74, 6) is -0.837. The molecule has 53 heavy (non-hydrogen) atoms. The van der Waals surface area contributed by atoms with Crippen molar-refractivity contribution in [2.24, 2.45) is 5.73 Å². The number of hydrogen-bond acceptors (Lipinski definition) is 8. The van der Waals surface area contributed by atoms with Crippen molar-refractivity contribution < 1.29 is 37.6 Å². The highest BCUT2D eigenvalue weighted by atomic mass is 31.2. The van der Waals surface area contributed by atoms with Gasteiger partial charge in [-0.05, 0) is 44.9 Å². The Morgan fingerprint density at radius 1 is 0.566 bits per heavy atom. The standard InChI is InChI=1S/C43H82NO8P/c1-3-5-7-9-11-13-15-17-19-20-22-23-25-27-29-31-33-35-42(45)49-39-41(40-51-53(47,48)50-38-37-44)52-43(46)36-34-32-30-28-26-24-21-18-16-14-12-10-8-6-4-2/h12,14,18,21,41H,3-11,13,15-17,19-20,22-40,44H2,1-2H3,(H,47,48). The minimum absolute atomic E-state index is 0.0525. The Morgan fingerprint density at radius 3 is 1.47 bits per heavy atom. The average Bonchev–Trinajstić information content (AvgIpc) is 3.14. The van der Waals surface area contributed by atoms with E-state index in [4.69, 9.17) is 24.3 Å². The van der Waals surface area contributed by atoms with E-state index in [-0.39, 0.29) is 38.6 Å². The highest BCUT2D eigenvalue weighted by molar-refractivity contribution is 7.47. The second-order valence-corrected chi connectivity index (χ2v) is 16.0. The maximum absolute atomic E-state index is 12.6. The Bertz CT molecular complexity index is 928. The summed E-state index contributed by atoms with van der Waals surface area (Å²) in [7, 11) is -4.38. The number of allylic oxidation sites excluding steroid dienone is 4. The number of rotatable bonds is 41. The summed E-state index contributed by atoms with van der Waals surface area (Å²) in [6.45, 7) is 3.71. The van der Waals surface area contributed by atoms with E-state index in [1.165, 1.54) is 116 Å². The van der Waals surface area contributed by atoms with Crippen LogP contribution in [0.4, 0.5) is 0 Å². The van der Waals surface area contributed by atoms with Gasteiger partial charge in [-0.1, -0.05) is 173 Å². The van der Waals surface area contributed by atoms with Crippen LogP contribution in [0.25, 0.3) is 0 Å². The maximum atomic E-state index is 12.6. The fourth-order valence-corrected chi connectivity index (χ4v) is 6.84. The van der Waals surface area contributed by atoms with Gasteiger partial charge >= 0.3 is 19.8 Å². The molecule has 3 N–H and O–H groups in total. The number of phosphoric acid groups is 1. The van der Waals surface area contributed by atoms with E-state index in [1.54, 1.807) is 0 Å². The van der Waals surface area contributed by atoms with E-state index in [9.17, 15) is 19.0 Å². The van der Waals surface area contributed by atoms with Crippen LogP contribution in [-0.4, -0.2) is 49.3 Å². The molecule has 10 heteroatoms. The first kappa shape index (κ1) is 51.5. The Kier molecular flexibility index (Phi) is 39.0. The van der Waals surface area contributed by atoms with Crippen LogP contribution in [0.15, 0.2) is 24.3 Å². The van der Waals surface area contributed by atoms with E-state index in [1.807, 2.05) is 0 Å². The summed E-state index contributed by atoms with van der Waals surface area (Å²) in [6.07, 6.45) is 42.0. The zero-order chi connectivity index (χ0) is 38.9. The number of nitrogens with two attached hydrogens (primary N) is 1. The van der Waals surface area contributed by atoms with Crippen molar-refractivity contribution in [1.82, 2.24) is 0 Å². The quantitative estimate of drug-likeness (QED) is 0.0269. The lowest BCUT2D eigenvalue weighted by Crippen LogP contribution is -2.29. The van der Waals surface area contributed by atoms with Gasteiger partial charge in [0.1, 0.15) is 6.61 Å². The Balaban J connectivity index is 4.14. The average molecular weight is 772 g/mol. The summed E-state index contributed by atoms with van der Waals surface area (Å²) >= 11 is 0. The third-order valence-corrected chi connectivity index (χ3v) is 10.3. The SMILES string of the molecule is CCCCCC=CCC=CCCCCCCCC(=O)OC(COC(=O)CCCCCCCCCCCCCCCCCCC)COP(=O)(O)OCCN. The van der Waals surface area contributed by atoms with Crippen molar-refractivity contribution in [2.75, 3.05) is 26.4 Å². The van der Waals surface area contributed by atoms with Gasteiger partial charge in [-0.3, -0.25) is 18.6 Å². The first-order chi connectivity index (χ1) is 25.8. The number of phosphoric ester groups is 1. The monoisotopic (exact) mass is 772 g/mol. The molecule has 0 bridgehead atoms. The highest BCUT2D eigenvalue weighted by Crippen LogP contribution is 2.43. The highest BCUT2D eigenvalue weighted by Gasteiger charge is 2.26. The van der Waals surface area contributed by atoms with Crippen LogP contribution in [0.2, 0.25) is 0 Å². The van der Waals surface area contributed by atoms with Gasteiger partial charge in [0, 0.05) is 19.4 Å². The van der Waals surface area contributed by atoms with Gasteiger partial charge in [0.25, 0.3) is 0 Å². The molecule has 0 radical (unpaired) electrons. The molecule has 0 aromatic heterocycles. The van der Waals surface area contributed by atoms with Crippen LogP contribution >= 0.6 is 7.82 Å². The van der Waals surface area contributed by atoms with Crippen LogP contribution in [0.3, 0.4) is 0 Å². The summed E-state index contributed by atoms with van der Waals surface area (Å²) in [5, 5.41) is 0. The van der Waals surface area contributed by atoms with Gasteiger partial charge in [0.2, 0.25) is 0 Å². The maximum Gasteiger partial charge on any atom is 0.472 e. The van der Waals surface area contributed by atoms with E-state index >= 15 is 0 Å². The predicted molar refractivity (Wildman–Crippen MR) is 220 cm³/mol. The lowest BCUT2D eigenvalue weighted by atomic mass is 10.0. The van der Waals surface area contributed by atoms with Crippen LogP contribution in [-0.2, 0) is 32.7 Å². The molecular weight excluding hydrogens is 689 g/mol. The minimum Gasteiger partial charge on any atom is -0.462 e. The molecule has 9 nitrogen and oxygen atoms in total. The molecule has 0 amide bonds. The van der Waals surface area contributed by atoms with E-state index < -0.39 is 26.5 Å². The number of unbranched alkanes of at least 4 members (excludes halogenated alkanes) is 24. The molecule has 0 heterocycles. The third-order valence-electron chi connectivity index (χ3n) is 9.34. The fraction of sp³-hybridized carbons (Fsp3) is 0.860. The molecule has 0 aliphatic heterocycles. The normalized spacial score (nSPS) is 13.5. The van der Waals surface area contributed by atoms with Crippen molar-refractivity contribution in [3.05, 3.63) is 24.3 Å². The smallest absolute Gasteiger partial charge is 0.462 e. The van der Waals surface area contributed by atoms with Crippen molar-refractivity contribution >= 4 is 19.8 Å². The summed E-state index contributed by atoms with van der Waals surface area (Å²) in [5.41, 5.74) is 5.34. The molecule has 2 unspecified atom stereocenters. The predicted octanol–water partition coefficient (Wildman–Crippen LogP) is 12.4. The molecule has 2 atom stereocenters. The molecule has 0 aromatic rings. The van der Waals surface area contributed by atoms with Crippen LogP contribution in [0.5, 0.6) is 0 Å². The first-order valence-corrected chi connectivity index (χ1v) is 23.3. The molecule has 0 aliphatic rings. The molecule has 0 saturated carbocycles. The van der Waals surface area contributed by atoms with Gasteiger partial charge in [0.05, 0.1) is 13.2 Å². The first-order valence-electron chi connectivity index (χ1n) is 21.8. The molecule has 312 valence electrons. The van der Waals surface area contributed by atoms with Crippen molar-refractivity contribution in [2.45, 2.75) is 213 Å². The number of ether oxygens (including phenoxy) is 2. The molecule has 0 aliphatic carbocycles. The topological polar surface area (TPSA) is 134 Å². The fourth-order valence-electron chi connectivity index (χ4n) is 6.08. The molecule has 0 fully saturated rings. The molecule has 0 saturated heterocycles. The molecule has 0 spiro atoms. The Morgan fingerprint density at radius 2 is 0.981 bits per heavy atom. The number of hydrogen-bond donors (Lipinski definition) is 2. The zero-order valence-electron chi connectivity index (χ0n) is 34.3. The number of carbonyl (C=O) groups excluding carboxylic acids is 2. The van der Waals surface area contributed by atoms with Gasteiger partial charge in [-0.2, -0.15) is 0 Å². The zero-order valence-corrected chi connectivity index (χ0v) is 35.2. The van der Waals surface area contributed by atoms with Crippen molar-refractivity contribution in [1.29, 1.82) is 0 Å². The lowest BCUT2D eigenvalue weighted by molar-refractivity contribution is -0.161. The van der Waals surface area contributed by atoms with Crippen LogP contribution in [0.1, 0.15) is 206 Å². The molecular formula is C43H82NO8P.